The van der Waals surface area contributed by atoms with E-state index in [9.17, 15) is 4.79 Å². The van der Waals surface area contributed by atoms with E-state index in [1.807, 2.05) is 17.0 Å². The number of rotatable bonds is 5. The summed E-state index contributed by atoms with van der Waals surface area (Å²) in [6.07, 6.45) is 4.15. The van der Waals surface area contributed by atoms with Crippen LogP contribution in [0.5, 0.6) is 11.5 Å². The van der Waals surface area contributed by atoms with Crippen LogP contribution >= 0.6 is 0 Å². The van der Waals surface area contributed by atoms with E-state index in [-0.39, 0.29) is 0 Å². The Morgan fingerprint density at radius 2 is 2.00 bits per heavy atom. The molecule has 4 rings (SSSR count). The number of carbonyl (C=O) groups is 1. The Kier molecular flexibility index (Phi) is 5.83. The summed E-state index contributed by atoms with van der Waals surface area (Å²) in [6.45, 7) is 7.17. The van der Waals surface area contributed by atoms with E-state index in [1.165, 1.54) is 18.4 Å². The first-order valence-electron chi connectivity index (χ1n) is 10.3. The van der Waals surface area contributed by atoms with Crippen LogP contribution in [0.25, 0.3) is 0 Å². The number of piperidine rings is 1. The number of hydrogen-bond donors (Lipinski definition) is 0. The molecule has 148 valence electrons. The molecule has 0 bridgehead atoms. The van der Waals surface area contributed by atoms with Gasteiger partial charge in [-0.1, -0.05) is 12.1 Å². The molecule has 1 amide bonds. The topological polar surface area (TPSA) is 45.2 Å². The van der Waals surface area contributed by atoms with Crippen molar-refractivity contribution in [1.82, 2.24) is 14.7 Å². The Balaban J connectivity index is 1.26. The molecule has 3 heterocycles. The van der Waals surface area contributed by atoms with Gasteiger partial charge in [0.15, 0.2) is 11.5 Å². The predicted molar refractivity (Wildman–Crippen MR) is 104 cm³/mol. The van der Waals surface area contributed by atoms with Gasteiger partial charge in [0, 0.05) is 51.3 Å². The summed E-state index contributed by atoms with van der Waals surface area (Å²) in [7, 11) is 2.12. The van der Waals surface area contributed by atoms with Gasteiger partial charge < -0.3 is 19.3 Å². The van der Waals surface area contributed by atoms with Crippen molar-refractivity contribution in [2.75, 3.05) is 53.1 Å². The second kappa shape index (κ2) is 8.48. The summed E-state index contributed by atoms with van der Waals surface area (Å²) in [6, 6.07) is 6.14. The fourth-order valence-corrected chi connectivity index (χ4v) is 4.43. The minimum atomic E-state index is 0.323. The first-order chi connectivity index (χ1) is 13.2. The maximum atomic E-state index is 12.5. The van der Waals surface area contributed by atoms with Crippen molar-refractivity contribution in [3.05, 3.63) is 23.8 Å². The lowest BCUT2D eigenvalue weighted by Crippen LogP contribution is -2.47. The van der Waals surface area contributed by atoms with E-state index in [0.717, 1.165) is 63.7 Å². The number of ether oxygens (including phenoxy) is 2. The van der Waals surface area contributed by atoms with Crippen molar-refractivity contribution in [1.29, 1.82) is 0 Å². The third-order valence-electron chi connectivity index (χ3n) is 6.10. The molecule has 0 aromatic heterocycles. The van der Waals surface area contributed by atoms with Gasteiger partial charge >= 0.3 is 0 Å². The number of piperazine rings is 1. The van der Waals surface area contributed by atoms with Crippen molar-refractivity contribution in [3.63, 3.8) is 0 Å². The summed E-state index contributed by atoms with van der Waals surface area (Å²) < 4.78 is 11.1. The van der Waals surface area contributed by atoms with Crippen LogP contribution in [0.1, 0.15) is 31.2 Å². The van der Waals surface area contributed by atoms with Gasteiger partial charge in [0.2, 0.25) is 12.7 Å². The zero-order chi connectivity index (χ0) is 18.6. The Labute approximate surface area is 162 Å². The molecular formula is C21H31N3O3. The summed E-state index contributed by atoms with van der Waals surface area (Å²) in [5, 5.41) is 0. The maximum Gasteiger partial charge on any atom is 0.231 e. The van der Waals surface area contributed by atoms with Gasteiger partial charge in [-0.05, 0) is 44.8 Å². The van der Waals surface area contributed by atoms with E-state index in [2.05, 4.69) is 22.9 Å². The van der Waals surface area contributed by atoms with Crippen LogP contribution in [0.4, 0.5) is 0 Å². The summed E-state index contributed by atoms with van der Waals surface area (Å²) in [5.74, 6) is 2.72. The van der Waals surface area contributed by atoms with E-state index in [0.29, 0.717) is 25.0 Å². The van der Waals surface area contributed by atoms with Crippen LogP contribution in [0, 0.1) is 5.92 Å². The maximum absolute atomic E-state index is 12.5. The van der Waals surface area contributed by atoms with Crippen LogP contribution in [0.15, 0.2) is 18.2 Å². The molecule has 0 N–H and O–H groups in total. The van der Waals surface area contributed by atoms with Crippen molar-refractivity contribution >= 4 is 5.91 Å². The van der Waals surface area contributed by atoms with Gasteiger partial charge in [-0.3, -0.25) is 9.69 Å². The largest absolute Gasteiger partial charge is 0.454 e. The van der Waals surface area contributed by atoms with Crippen LogP contribution in [0.2, 0.25) is 0 Å². The van der Waals surface area contributed by atoms with Gasteiger partial charge in [-0.15, -0.1) is 0 Å². The molecule has 6 heteroatoms. The predicted octanol–water partition coefficient (Wildman–Crippen LogP) is 2.18. The lowest BCUT2D eigenvalue weighted by molar-refractivity contribution is -0.133. The standard InChI is InChI=1S/C21H31N3O3/c1-22-10-12-24(13-11-22)20(25)8-7-17-4-3-9-23(14-17)15-18-5-2-6-19-21(18)27-16-26-19/h2,5-6,17H,3-4,7-16H2,1H3. The molecule has 0 aliphatic carbocycles. The summed E-state index contributed by atoms with van der Waals surface area (Å²) >= 11 is 0. The van der Waals surface area contributed by atoms with Crippen molar-refractivity contribution in [2.24, 2.45) is 5.92 Å². The number of para-hydroxylation sites is 1. The number of hydrogen-bond acceptors (Lipinski definition) is 5. The Morgan fingerprint density at radius 3 is 2.85 bits per heavy atom. The van der Waals surface area contributed by atoms with Crippen LogP contribution < -0.4 is 9.47 Å². The van der Waals surface area contributed by atoms with Crippen molar-refractivity contribution in [2.45, 2.75) is 32.2 Å². The van der Waals surface area contributed by atoms with E-state index >= 15 is 0 Å². The molecule has 1 aromatic carbocycles. The lowest BCUT2D eigenvalue weighted by atomic mass is 9.92. The third kappa shape index (κ3) is 4.55. The van der Waals surface area contributed by atoms with Crippen molar-refractivity contribution in [3.8, 4) is 11.5 Å². The van der Waals surface area contributed by atoms with Crippen molar-refractivity contribution < 1.29 is 14.3 Å². The second-order valence-corrected chi connectivity index (χ2v) is 8.12. The monoisotopic (exact) mass is 373 g/mol. The summed E-state index contributed by atoms with van der Waals surface area (Å²) in [5.41, 5.74) is 1.21. The average molecular weight is 373 g/mol. The Bertz CT molecular complexity index is 658. The van der Waals surface area contributed by atoms with E-state index in [4.69, 9.17) is 9.47 Å². The Hall–Kier alpha value is -1.79. The minimum absolute atomic E-state index is 0.323. The van der Waals surface area contributed by atoms with Gasteiger partial charge in [0.1, 0.15) is 0 Å². The highest BCUT2D eigenvalue weighted by atomic mass is 16.7. The zero-order valence-corrected chi connectivity index (χ0v) is 16.4. The minimum Gasteiger partial charge on any atom is -0.454 e. The number of carbonyl (C=O) groups excluding carboxylic acids is 1. The molecule has 3 aliphatic rings. The van der Waals surface area contributed by atoms with Gasteiger partial charge in [0.05, 0.1) is 0 Å². The number of fused-ring (bicyclic) bond motifs is 1. The highest BCUT2D eigenvalue weighted by Crippen LogP contribution is 2.36. The first kappa shape index (κ1) is 18.6. The second-order valence-electron chi connectivity index (χ2n) is 8.12. The number of benzene rings is 1. The number of nitrogens with zero attached hydrogens (tertiary/aromatic N) is 3. The van der Waals surface area contributed by atoms with E-state index in [1.54, 1.807) is 0 Å². The van der Waals surface area contributed by atoms with Crippen LogP contribution in [-0.4, -0.2) is 73.7 Å². The quantitative estimate of drug-likeness (QED) is 0.792. The molecule has 1 aromatic rings. The third-order valence-corrected chi connectivity index (χ3v) is 6.10. The van der Waals surface area contributed by atoms with Gasteiger partial charge in [-0.25, -0.2) is 0 Å². The molecule has 1 unspecified atom stereocenters. The Morgan fingerprint density at radius 1 is 1.15 bits per heavy atom. The average Bonchev–Trinajstić information content (AvgIpc) is 3.17. The summed E-state index contributed by atoms with van der Waals surface area (Å²) in [4.78, 5) is 19.4. The fraction of sp³-hybridized carbons (Fsp3) is 0.667. The normalized spacial score (nSPS) is 23.6. The van der Waals surface area contributed by atoms with Crippen LogP contribution in [0.3, 0.4) is 0 Å². The molecule has 3 aliphatic heterocycles. The molecule has 2 fully saturated rings. The fourth-order valence-electron chi connectivity index (χ4n) is 4.43. The number of amides is 1. The SMILES string of the molecule is CN1CCN(C(=O)CCC2CCCN(Cc3cccc4c3OCO4)C2)CC1. The molecule has 6 nitrogen and oxygen atoms in total. The molecule has 0 radical (unpaired) electrons. The van der Waals surface area contributed by atoms with Gasteiger partial charge in [0.25, 0.3) is 0 Å². The zero-order valence-electron chi connectivity index (χ0n) is 16.4. The van der Waals surface area contributed by atoms with Gasteiger partial charge in [-0.2, -0.15) is 0 Å². The highest BCUT2D eigenvalue weighted by Gasteiger charge is 2.25. The van der Waals surface area contributed by atoms with E-state index < -0.39 is 0 Å². The molecule has 0 saturated carbocycles. The molecule has 27 heavy (non-hydrogen) atoms. The molecular weight excluding hydrogens is 342 g/mol. The molecule has 1 atom stereocenters. The molecule has 0 spiro atoms. The molecule has 2 saturated heterocycles. The smallest absolute Gasteiger partial charge is 0.231 e. The van der Waals surface area contributed by atoms with Crippen LogP contribution in [-0.2, 0) is 11.3 Å². The first-order valence-corrected chi connectivity index (χ1v) is 10.3. The lowest BCUT2D eigenvalue weighted by Gasteiger charge is -2.34. The number of likely N-dealkylation sites (tertiary alicyclic amines) is 1. The highest BCUT2D eigenvalue weighted by molar-refractivity contribution is 5.76. The number of likely N-dealkylation sites (N-methyl/N-ethyl adjacent to an activating group) is 1.